The molecule has 0 N–H and O–H groups in total. The number of hydrogen-bond acceptors (Lipinski definition) is 3. The van der Waals surface area contributed by atoms with E-state index in [1.165, 1.54) is 0 Å². The number of halogens is 1. The Balaban J connectivity index is 2.89. The second-order valence-electron chi connectivity index (χ2n) is 2.18. The summed E-state index contributed by atoms with van der Waals surface area (Å²) < 4.78 is 2.64. The predicted molar refractivity (Wildman–Crippen MR) is 50.4 cm³/mol. The van der Waals surface area contributed by atoms with E-state index in [1.54, 1.807) is 16.8 Å². The van der Waals surface area contributed by atoms with E-state index in [9.17, 15) is 0 Å². The lowest BCUT2D eigenvalue weighted by Crippen LogP contribution is -1.89. The molecule has 12 heavy (non-hydrogen) atoms. The van der Waals surface area contributed by atoms with Gasteiger partial charge in [0.05, 0.1) is 0 Å². The summed E-state index contributed by atoms with van der Waals surface area (Å²) in [6.45, 7) is 0. The molecule has 2 rings (SSSR count). The Morgan fingerprint density at radius 3 is 3.17 bits per heavy atom. The van der Waals surface area contributed by atoms with Crippen molar-refractivity contribution in [3.63, 3.8) is 0 Å². The Bertz CT molecular complexity index is 468. The lowest BCUT2D eigenvalue weighted by Gasteiger charge is -1.90. The minimum atomic E-state index is 0.361. The molecule has 0 aliphatic rings. The summed E-state index contributed by atoms with van der Waals surface area (Å²) in [6, 6.07) is 1.99. The van der Waals surface area contributed by atoms with E-state index in [-0.39, 0.29) is 0 Å². The third kappa shape index (κ3) is 1.04. The van der Waals surface area contributed by atoms with Crippen LogP contribution in [0.15, 0.2) is 18.6 Å². The molecule has 0 bridgehead atoms. The first-order chi connectivity index (χ1) is 5.81. The molecule has 0 radical (unpaired) electrons. The molecule has 0 aliphatic heterocycles. The number of hydrogen-bond donors (Lipinski definition) is 0. The number of nitriles is 1. The van der Waals surface area contributed by atoms with Crippen LogP contribution in [0.1, 0.15) is 5.69 Å². The molecule has 2 aromatic rings. The van der Waals surface area contributed by atoms with E-state index in [1.807, 2.05) is 12.3 Å². The second kappa shape index (κ2) is 2.71. The number of imidazole rings is 1. The van der Waals surface area contributed by atoms with Crippen LogP contribution in [-0.2, 0) is 0 Å². The Kier molecular flexibility index (Phi) is 1.69. The Labute approximate surface area is 82.0 Å². The van der Waals surface area contributed by atoms with E-state index in [0.29, 0.717) is 11.3 Å². The molecule has 4 nitrogen and oxygen atoms in total. The van der Waals surface area contributed by atoms with Crippen LogP contribution in [0.5, 0.6) is 0 Å². The summed E-state index contributed by atoms with van der Waals surface area (Å²) >= 11 is 2.10. The number of nitrogens with zero attached hydrogens (tertiary/aromatic N) is 4. The molecule has 5 heteroatoms. The third-order valence-electron chi connectivity index (χ3n) is 1.45. The molecule has 0 aliphatic carbocycles. The largest absolute Gasteiger partial charge is 0.302 e. The fourth-order valence-corrected chi connectivity index (χ4v) is 1.50. The first kappa shape index (κ1) is 7.49. The Morgan fingerprint density at radius 2 is 2.42 bits per heavy atom. The highest BCUT2D eigenvalue weighted by Gasteiger charge is 2.03. The fourth-order valence-electron chi connectivity index (χ4n) is 0.969. The zero-order chi connectivity index (χ0) is 8.55. The lowest BCUT2D eigenvalue weighted by molar-refractivity contribution is 1.11. The van der Waals surface area contributed by atoms with Crippen LogP contribution in [0.25, 0.3) is 5.65 Å². The quantitative estimate of drug-likeness (QED) is 0.676. The monoisotopic (exact) mass is 270 g/mol. The van der Waals surface area contributed by atoms with Gasteiger partial charge in [0.1, 0.15) is 9.77 Å². The Morgan fingerprint density at radius 1 is 1.58 bits per heavy atom. The van der Waals surface area contributed by atoms with E-state index in [4.69, 9.17) is 5.26 Å². The maximum Gasteiger partial charge on any atom is 0.183 e. The van der Waals surface area contributed by atoms with Gasteiger partial charge in [0.25, 0.3) is 0 Å². The highest BCUT2D eigenvalue weighted by atomic mass is 127. The van der Waals surface area contributed by atoms with E-state index in [2.05, 4.69) is 32.6 Å². The topological polar surface area (TPSA) is 54.0 Å². The molecule has 2 aromatic heterocycles. The van der Waals surface area contributed by atoms with Gasteiger partial charge in [0.15, 0.2) is 11.3 Å². The molecule has 0 aromatic carbocycles. The van der Waals surface area contributed by atoms with Crippen molar-refractivity contribution >= 4 is 28.2 Å². The average Bonchev–Trinajstić information content (AvgIpc) is 2.44. The van der Waals surface area contributed by atoms with Gasteiger partial charge in [-0.25, -0.2) is 9.97 Å². The predicted octanol–water partition coefficient (Wildman–Crippen LogP) is 1.21. The average molecular weight is 270 g/mol. The van der Waals surface area contributed by atoms with Crippen molar-refractivity contribution in [2.75, 3.05) is 0 Å². The molecular formula is C7H3IN4. The van der Waals surface area contributed by atoms with Gasteiger partial charge >= 0.3 is 0 Å². The molecule has 0 amide bonds. The van der Waals surface area contributed by atoms with Crippen LogP contribution >= 0.6 is 22.6 Å². The smallest absolute Gasteiger partial charge is 0.183 e. The summed E-state index contributed by atoms with van der Waals surface area (Å²) in [5.74, 6) is 0. The number of fused-ring (bicyclic) bond motifs is 1. The normalized spacial score (nSPS) is 10.0. The maximum absolute atomic E-state index is 8.68. The van der Waals surface area contributed by atoms with E-state index >= 15 is 0 Å². The van der Waals surface area contributed by atoms with Gasteiger partial charge in [0.2, 0.25) is 0 Å². The summed E-state index contributed by atoms with van der Waals surface area (Å²) in [5.41, 5.74) is 0.977. The zero-order valence-corrected chi connectivity index (χ0v) is 8.06. The van der Waals surface area contributed by atoms with E-state index in [0.717, 1.165) is 3.70 Å². The first-order valence-corrected chi connectivity index (χ1v) is 4.28. The van der Waals surface area contributed by atoms with Crippen LogP contribution < -0.4 is 0 Å². The molecule has 0 spiro atoms. The van der Waals surface area contributed by atoms with Crippen molar-refractivity contribution in [2.24, 2.45) is 0 Å². The van der Waals surface area contributed by atoms with Gasteiger partial charge < -0.3 is 4.40 Å². The molecule has 0 atom stereocenters. The summed E-state index contributed by atoms with van der Waals surface area (Å²) in [6.07, 6.45) is 5.20. The standard InChI is InChI=1S/C7H3IN4/c8-6-4-12-2-1-10-5(3-9)7(12)11-6/h1-2,4H. The van der Waals surface area contributed by atoms with Gasteiger partial charge in [-0.05, 0) is 22.6 Å². The summed E-state index contributed by atoms with van der Waals surface area (Å²) in [5, 5.41) is 8.68. The third-order valence-corrected chi connectivity index (χ3v) is 1.97. The van der Waals surface area contributed by atoms with Gasteiger partial charge in [-0.15, -0.1) is 0 Å². The van der Waals surface area contributed by atoms with Crippen molar-refractivity contribution in [3.05, 3.63) is 28.0 Å². The fraction of sp³-hybridized carbons (Fsp3) is 0. The molecule has 0 saturated heterocycles. The molecular weight excluding hydrogens is 267 g/mol. The van der Waals surface area contributed by atoms with Gasteiger partial charge in [-0.3, -0.25) is 0 Å². The zero-order valence-electron chi connectivity index (χ0n) is 5.90. The van der Waals surface area contributed by atoms with E-state index < -0.39 is 0 Å². The molecule has 0 unspecified atom stereocenters. The summed E-state index contributed by atoms with van der Waals surface area (Å²) in [4.78, 5) is 8.04. The molecule has 0 saturated carbocycles. The van der Waals surface area contributed by atoms with Crippen LogP contribution in [-0.4, -0.2) is 14.4 Å². The van der Waals surface area contributed by atoms with Crippen molar-refractivity contribution < 1.29 is 0 Å². The van der Waals surface area contributed by atoms with Crippen molar-refractivity contribution in [1.82, 2.24) is 14.4 Å². The molecule has 58 valence electrons. The first-order valence-electron chi connectivity index (χ1n) is 3.20. The SMILES string of the molecule is N#Cc1nccn2cc(I)nc12. The van der Waals surface area contributed by atoms with Crippen molar-refractivity contribution in [2.45, 2.75) is 0 Å². The van der Waals surface area contributed by atoms with Crippen LogP contribution in [0.2, 0.25) is 0 Å². The minimum absolute atomic E-state index is 0.361. The number of rotatable bonds is 0. The van der Waals surface area contributed by atoms with Crippen molar-refractivity contribution in [3.8, 4) is 6.07 Å². The second-order valence-corrected chi connectivity index (χ2v) is 3.29. The highest BCUT2D eigenvalue weighted by Crippen LogP contribution is 2.08. The molecule has 0 fully saturated rings. The van der Waals surface area contributed by atoms with Crippen LogP contribution in [0.3, 0.4) is 0 Å². The highest BCUT2D eigenvalue weighted by molar-refractivity contribution is 14.1. The van der Waals surface area contributed by atoms with Gasteiger partial charge in [-0.1, -0.05) is 0 Å². The van der Waals surface area contributed by atoms with Gasteiger partial charge in [0, 0.05) is 18.6 Å². The van der Waals surface area contributed by atoms with Gasteiger partial charge in [-0.2, -0.15) is 5.26 Å². The summed E-state index contributed by atoms with van der Waals surface area (Å²) in [7, 11) is 0. The Hall–Kier alpha value is -1.16. The lowest BCUT2D eigenvalue weighted by atomic mass is 10.5. The van der Waals surface area contributed by atoms with Crippen LogP contribution in [0.4, 0.5) is 0 Å². The maximum atomic E-state index is 8.68. The number of aromatic nitrogens is 3. The van der Waals surface area contributed by atoms with Crippen LogP contribution in [0, 0.1) is 15.0 Å². The molecule has 2 heterocycles. The van der Waals surface area contributed by atoms with Crippen molar-refractivity contribution in [1.29, 1.82) is 5.26 Å². The minimum Gasteiger partial charge on any atom is -0.302 e.